The summed E-state index contributed by atoms with van der Waals surface area (Å²) in [4.78, 5) is 26.1. The van der Waals surface area contributed by atoms with Crippen LogP contribution in [0.4, 0.5) is 5.82 Å². The average molecular weight is 451 g/mol. The van der Waals surface area contributed by atoms with Gasteiger partial charge in [-0.1, -0.05) is 35.0 Å². The van der Waals surface area contributed by atoms with Crippen LogP contribution in [0.2, 0.25) is 0 Å². The second kappa shape index (κ2) is 9.84. The van der Waals surface area contributed by atoms with Crippen LogP contribution in [-0.2, 0) is 9.53 Å². The van der Waals surface area contributed by atoms with Crippen LogP contribution in [0.1, 0.15) is 18.4 Å². The first-order valence-corrected chi connectivity index (χ1v) is 11.7. The maximum Gasteiger partial charge on any atom is 0.263 e. The van der Waals surface area contributed by atoms with E-state index in [0.29, 0.717) is 12.3 Å². The highest BCUT2D eigenvalue weighted by molar-refractivity contribution is 5.98. The van der Waals surface area contributed by atoms with Gasteiger partial charge in [-0.2, -0.15) is 4.98 Å². The first-order chi connectivity index (χ1) is 16.2. The molecule has 5 rings (SSSR count). The van der Waals surface area contributed by atoms with E-state index >= 15 is 0 Å². The SMILES string of the molecule is Cc1ccc(-c2noc3ncnc(N4CCC(C(=O)NCCN5CCOCC5)CC4)c23)cc1. The molecule has 0 aliphatic carbocycles. The van der Waals surface area contributed by atoms with Crippen molar-refractivity contribution in [3.63, 3.8) is 0 Å². The smallest absolute Gasteiger partial charge is 0.263 e. The van der Waals surface area contributed by atoms with E-state index in [9.17, 15) is 4.79 Å². The quantitative estimate of drug-likeness (QED) is 0.611. The third-order valence-corrected chi connectivity index (χ3v) is 6.57. The zero-order chi connectivity index (χ0) is 22.6. The lowest BCUT2D eigenvalue weighted by Gasteiger charge is -2.32. The molecule has 2 aliphatic heterocycles. The van der Waals surface area contributed by atoms with Crippen molar-refractivity contribution >= 4 is 22.8 Å². The van der Waals surface area contributed by atoms with Crippen molar-refractivity contribution in [2.45, 2.75) is 19.8 Å². The van der Waals surface area contributed by atoms with Gasteiger partial charge in [0.2, 0.25) is 5.91 Å². The number of aromatic nitrogens is 3. The highest BCUT2D eigenvalue weighted by Gasteiger charge is 2.28. The van der Waals surface area contributed by atoms with Crippen molar-refractivity contribution in [2.24, 2.45) is 5.92 Å². The van der Waals surface area contributed by atoms with Crippen LogP contribution in [0.15, 0.2) is 35.1 Å². The van der Waals surface area contributed by atoms with E-state index in [-0.39, 0.29) is 11.8 Å². The number of aryl methyl sites for hydroxylation is 1. The van der Waals surface area contributed by atoms with Crippen LogP contribution in [0.3, 0.4) is 0 Å². The van der Waals surface area contributed by atoms with E-state index in [0.717, 1.165) is 81.2 Å². The minimum absolute atomic E-state index is 0.0299. The van der Waals surface area contributed by atoms with Gasteiger partial charge in [0.25, 0.3) is 5.71 Å². The lowest BCUT2D eigenvalue weighted by atomic mass is 9.95. The highest BCUT2D eigenvalue weighted by Crippen LogP contribution is 2.34. The maximum absolute atomic E-state index is 12.7. The Labute approximate surface area is 193 Å². The fraction of sp³-hybridized carbons (Fsp3) is 0.500. The van der Waals surface area contributed by atoms with Gasteiger partial charge in [-0.25, -0.2) is 4.98 Å². The zero-order valence-corrected chi connectivity index (χ0v) is 19.0. The molecule has 1 N–H and O–H groups in total. The molecule has 33 heavy (non-hydrogen) atoms. The van der Waals surface area contributed by atoms with Gasteiger partial charge >= 0.3 is 0 Å². The number of carbonyl (C=O) groups is 1. The minimum atomic E-state index is 0.0299. The molecular formula is C24H30N6O3. The maximum atomic E-state index is 12.7. The Morgan fingerprint density at radius 3 is 2.61 bits per heavy atom. The molecule has 0 unspecified atom stereocenters. The summed E-state index contributed by atoms with van der Waals surface area (Å²) in [6.07, 6.45) is 3.10. The second-order valence-electron chi connectivity index (χ2n) is 8.78. The lowest BCUT2D eigenvalue weighted by molar-refractivity contribution is -0.125. The number of rotatable bonds is 6. The largest absolute Gasteiger partial charge is 0.379 e. The van der Waals surface area contributed by atoms with Crippen molar-refractivity contribution in [3.05, 3.63) is 36.2 Å². The Hall–Kier alpha value is -3.04. The molecule has 3 aromatic rings. The molecule has 9 heteroatoms. The van der Waals surface area contributed by atoms with Gasteiger partial charge < -0.3 is 19.5 Å². The standard InChI is InChI=1S/C24H30N6O3/c1-17-2-4-18(5-3-17)21-20-22(26-16-27-24(20)33-28-21)30-9-6-19(7-10-30)23(31)25-8-11-29-12-14-32-15-13-29/h2-5,16,19H,6-15H2,1H3,(H,25,31). The molecule has 2 saturated heterocycles. The van der Waals surface area contributed by atoms with Gasteiger partial charge in [0, 0.05) is 50.7 Å². The van der Waals surface area contributed by atoms with Gasteiger partial charge in [-0.3, -0.25) is 9.69 Å². The van der Waals surface area contributed by atoms with E-state index in [1.165, 1.54) is 11.9 Å². The van der Waals surface area contributed by atoms with Crippen molar-refractivity contribution < 1.29 is 14.1 Å². The van der Waals surface area contributed by atoms with Crippen LogP contribution < -0.4 is 10.2 Å². The number of hydrogen-bond acceptors (Lipinski definition) is 8. The molecule has 0 radical (unpaired) electrons. The van der Waals surface area contributed by atoms with Gasteiger partial charge in [-0.05, 0) is 19.8 Å². The summed E-state index contributed by atoms with van der Waals surface area (Å²) in [6, 6.07) is 8.19. The third-order valence-electron chi connectivity index (χ3n) is 6.57. The minimum Gasteiger partial charge on any atom is -0.379 e. The number of hydrogen-bond donors (Lipinski definition) is 1. The molecule has 0 spiro atoms. The first kappa shape index (κ1) is 21.8. The number of anilines is 1. The molecule has 174 valence electrons. The molecule has 0 bridgehead atoms. The number of amides is 1. The van der Waals surface area contributed by atoms with E-state index in [4.69, 9.17) is 9.26 Å². The topological polar surface area (TPSA) is 96.6 Å². The molecule has 1 amide bonds. The van der Waals surface area contributed by atoms with E-state index in [2.05, 4.69) is 49.3 Å². The van der Waals surface area contributed by atoms with Gasteiger partial charge in [-0.15, -0.1) is 0 Å². The molecule has 4 heterocycles. The summed E-state index contributed by atoms with van der Waals surface area (Å²) in [5.74, 6) is 1.01. The number of piperidine rings is 1. The van der Waals surface area contributed by atoms with Gasteiger partial charge in [0.15, 0.2) is 0 Å². The molecule has 2 aliphatic rings. The molecule has 2 fully saturated rings. The molecule has 0 atom stereocenters. The summed E-state index contributed by atoms with van der Waals surface area (Å²) in [7, 11) is 0. The van der Waals surface area contributed by atoms with E-state index in [1.807, 2.05) is 12.1 Å². The summed E-state index contributed by atoms with van der Waals surface area (Å²) in [5, 5.41) is 8.24. The van der Waals surface area contributed by atoms with Crippen LogP contribution in [0, 0.1) is 12.8 Å². The van der Waals surface area contributed by atoms with Crippen LogP contribution in [-0.4, -0.2) is 78.4 Å². The second-order valence-corrected chi connectivity index (χ2v) is 8.78. The molecule has 1 aromatic carbocycles. The van der Waals surface area contributed by atoms with E-state index < -0.39 is 0 Å². The van der Waals surface area contributed by atoms with Crippen molar-refractivity contribution in [1.29, 1.82) is 0 Å². The summed E-state index contributed by atoms with van der Waals surface area (Å²) < 4.78 is 10.9. The zero-order valence-electron chi connectivity index (χ0n) is 19.0. The number of carbonyl (C=O) groups excluding carboxylic acids is 1. The Bertz CT molecular complexity index is 1090. The molecule has 2 aromatic heterocycles. The Balaban J connectivity index is 1.22. The average Bonchev–Trinajstić information content (AvgIpc) is 3.30. The van der Waals surface area contributed by atoms with Gasteiger partial charge in [0.05, 0.1) is 13.2 Å². The Morgan fingerprint density at radius 1 is 1.09 bits per heavy atom. The van der Waals surface area contributed by atoms with Crippen LogP contribution in [0.25, 0.3) is 22.4 Å². The number of fused-ring (bicyclic) bond motifs is 1. The van der Waals surface area contributed by atoms with Crippen LogP contribution >= 0.6 is 0 Å². The third kappa shape index (κ3) is 4.84. The lowest BCUT2D eigenvalue weighted by Crippen LogP contribution is -2.44. The Kier molecular flexibility index (Phi) is 6.50. The monoisotopic (exact) mass is 450 g/mol. The summed E-state index contributed by atoms with van der Waals surface area (Å²) in [5.41, 5.74) is 3.40. The normalized spacial score (nSPS) is 18.0. The fourth-order valence-corrected chi connectivity index (χ4v) is 4.58. The predicted octanol–water partition coefficient (Wildman–Crippen LogP) is 2.26. The van der Waals surface area contributed by atoms with E-state index in [1.54, 1.807) is 0 Å². The van der Waals surface area contributed by atoms with Crippen molar-refractivity contribution in [1.82, 2.24) is 25.3 Å². The first-order valence-electron chi connectivity index (χ1n) is 11.7. The predicted molar refractivity (Wildman–Crippen MR) is 125 cm³/mol. The van der Waals surface area contributed by atoms with Crippen LogP contribution in [0.5, 0.6) is 0 Å². The van der Waals surface area contributed by atoms with Crippen molar-refractivity contribution in [3.8, 4) is 11.3 Å². The molecule has 0 saturated carbocycles. The van der Waals surface area contributed by atoms with Crippen molar-refractivity contribution in [2.75, 3.05) is 57.4 Å². The highest BCUT2D eigenvalue weighted by atomic mass is 16.5. The van der Waals surface area contributed by atoms with Gasteiger partial charge in [0.1, 0.15) is 23.2 Å². The molecule has 9 nitrogen and oxygen atoms in total. The number of ether oxygens (including phenoxy) is 1. The fourth-order valence-electron chi connectivity index (χ4n) is 4.58. The Morgan fingerprint density at radius 2 is 1.85 bits per heavy atom. The summed E-state index contributed by atoms with van der Waals surface area (Å²) >= 11 is 0. The molecular weight excluding hydrogens is 420 g/mol. The number of nitrogens with one attached hydrogen (secondary N) is 1. The summed E-state index contributed by atoms with van der Waals surface area (Å²) in [6.45, 7) is 8.57. The number of nitrogens with zero attached hydrogens (tertiary/aromatic N) is 5. The number of morpholine rings is 1. The number of benzene rings is 1.